The first-order chi connectivity index (χ1) is 15.4. The summed E-state index contributed by atoms with van der Waals surface area (Å²) in [6.07, 6.45) is 1.52. The van der Waals surface area contributed by atoms with Gasteiger partial charge in [0, 0.05) is 21.8 Å². The van der Waals surface area contributed by atoms with E-state index in [1.165, 1.54) is 6.08 Å². The molecular weight excluding hydrogens is 468 g/mol. The Labute approximate surface area is 196 Å². The van der Waals surface area contributed by atoms with Crippen LogP contribution >= 0.6 is 15.9 Å². The summed E-state index contributed by atoms with van der Waals surface area (Å²) in [6.45, 7) is 4.43. The minimum atomic E-state index is -0.495. The number of aryl methyl sites for hydroxylation is 2. The molecule has 162 valence electrons. The number of methoxy groups -OCH3 is 1. The van der Waals surface area contributed by atoms with Crippen molar-refractivity contribution in [1.29, 1.82) is 5.26 Å². The maximum Gasteiger partial charge on any atom is 0.266 e. The second-order valence-corrected chi connectivity index (χ2v) is 8.23. The van der Waals surface area contributed by atoms with Crippen LogP contribution in [0.1, 0.15) is 22.3 Å². The molecule has 0 saturated carbocycles. The van der Waals surface area contributed by atoms with Gasteiger partial charge in [-0.25, -0.2) is 0 Å². The quantitative estimate of drug-likeness (QED) is 0.316. The number of carbonyl (C=O) groups excluding carboxylic acids is 1. The van der Waals surface area contributed by atoms with Gasteiger partial charge in [0.05, 0.1) is 7.11 Å². The van der Waals surface area contributed by atoms with Gasteiger partial charge < -0.3 is 14.8 Å². The van der Waals surface area contributed by atoms with Crippen LogP contribution in [-0.4, -0.2) is 13.0 Å². The van der Waals surface area contributed by atoms with Gasteiger partial charge in [0.2, 0.25) is 0 Å². The van der Waals surface area contributed by atoms with Gasteiger partial charge in [0.15, 0.2) is 0 Å². The van der Waals surface area contributed by atoms with E-state index >= 15 is 0 Å². The van der Waals surface area contributed by atoms with Gasteiger partial charge in [0.25, 0.3) is 5.91 Å². The van der Waals surface area contributed by atoms with Crippen LogP contribution < -0.4 is 14.8 Å². The van der Waals surface area contributed by atoms with Gasteiger partial charge in [-0.05, 0) is 61.9 Å². The lowest BCUT2D eigenvalue weighted by molar-refractivity contribution is -0.112. The number of benzene rings is 3. The molecular formula is C26H23BrN2O3. The Balaban J connectivity index is 1.86. The first-order valence-electron chi connectivity index (χ1n) is 9.94. The Hall–Kier alpha value is -3.56. The second kappa shape index (κ2) is 10.7. The average Bonchev–Trinajstić information content (AvgIpc) is 2.77. The molecule has 5 nitrogen and oxygen atoms in total. The van der Waals surface area contributed by atoms with Gasteiger partial charge >= 0.3 is 0 Å². The maximum atomic E-state index is 12.6. The monoisotopic (exact) mass is 490 g/mol. The SMILES string of the molecule is COc1ccc(/C=C(\C#N)C(=O)Nc2ccc(Br)cc2)c(OCc2cc(C)cc(C)c2)c1. The lowest BCUT2D eigenvalue weighted by Crippen LogP contribution is -2.13. The molecule has 3 aromatic carbocycles. The molecule has 0 bridgehead atoms. The minimum Gasteiger partial charge on any atom is -0.497 e. The Morgan fingerprint density at radius 3 is 2.38 bits per heavy atom. The third-order valence-electron chi connectivity index (χ3n) is 4.66. The number of hydrogen-bond acceptors (Lipinski definition) is 4. The molecule has 0 aliphatic carbocycles. The van der Waals surface area contributed by atoms with Gasteiger partial charge in [0.1, 0.15) is 29.7 Å². The van der Waals surface area contributed by atoms with Gasteiger partial charge in [-0.2, -0.15) is 5.26 Å². The second-order valence-electron chi connectivity index (χ2n) is 7.32. The number of hydrogen-bond donors (Lipinski definition) is 1. The normalized spacial score (nSPS) is 10.9. The highest BCUT2D eigenvalue weighted by molar-refractivity contribution is 9.10. The number of nitrogens with zero attached hydrogens (tertiary/aromatic N) is 1. The Morgan fingerprint density at radius 2 is 1.75 bits per heavy atom. The van der Waals surface area contributed by atoms with E-state index in [9.17, 15) is 10.1 Å². The van der Waals surface area contributed by atoms with E-state index < -0.39 is 5.91 Å². The van der Waals surface area contributed by atoms with Crippen molar-refractivity contribution < 1.29 is 14.3 Å². The molecule has 0 saturated heterocycles. The topological polar surface area (TPSA) is 71.3 Å². The van der Waals surface area contributed by atoms with Crippen LogP contribution in [0, 0.1) is 25.2 Å². The number of rotatable bonds is 7. The summed E-state index contributed by atoms with van der Waals surface area (Å²) in [5, 5.41) is 12.3. The summed E-state index contributed by atoms with van der Waals surface area (Å²) in [6, 6.07) is 20.6. The zero-order valence-electron chi connectivity index (χ0n) is 18.1. The van der Waals surface area contributed by atoms with Crippen molar-refractivity contribution in [3.63, 3.8) is 0 Å². The summed E-state index contributed by atoms with van der Waals surface area (Å²) >= 11 is 3.36. The Kier molecular flexibility index (Phi) is 7.69. The van der Waals surface area contributed by atoms with Crippen LogP contribution in [0.5, 0.6) is 11.5 Å². The van der Waals surface area contributed by atoms with Crippen LogP contribution in [0.15, 0.2) is 70.7 Å². The van der Waals surface area contributed by atoms with Crippen LogP contribution in [-0.2, 0) is 11.4 Å². The minimum absolute atomic E-state index is 0.0330. The Morgan fingerprint density at radius 1 is 1.06 bits per heavy atom. The van der Waals surface area contributed by atoms with Gasteiger partial charge in [-0.15, -0.1) is 0 Å². The largest absolute Gasteiger partial charge is 0.497 e. The average molecular weight is 491 g/mol. The molecule has 0 unspecified atom stereocenters. The number of nitrogens with one attached hydrogen (secondary N) is 1. The van der Waals surface area contributed by atoms with Crippen molar-refractivity contribution in [3.05, 3.63) is 93.0 Å². The summed E-state index contributed by atoms with van der Waals surface area (Å²) in [5.74, 6) is 0.647. The molecule has 0 aromatic heterocycles. The molecule has 6 heteroatoms. The van der Waals surface area contributed by atoms with Crippen molar-refractivity contribution in [3.8, 4) is 17.6 Å². The van der Waals surface area contributed by atoms with E-state index in [2.05, 4.69) is 39.4 Å². The molecule has 0 heterocycles. The summed E-state index contributed by atoms with van der Waals surface area (Å²) in [7, 11) is 1.57. The van der Waals surface area contributed by atoms with E-state index in [1.807, 2.05) is 32.0 Å². The van der Waals surface area contributed by atoms with Crippen molar-refractivity contribution in [2.45, 2.75) is 20.5 Å². The molecule has 0 atom stereocenters. The van der Waals surface area contributed by atoms with E-state index in [1.54, 1.807) is 37.4 Å². The summed E-state index contributed by atoms with van der Waals surface area (Å²) in [4.78, 5) is 12.6. The number of ether oxygens (including phenoxy) is 2. The van der Waals surface area contributed by atoms with Crippen LogP contribution in [0.25, 0.3) is 6.08 Å². The van der Waals surface area contributed by atoms with Gasteiger partial charge in [-0.1, -0.05) is 45.3 Å². The lowest BCUT2D eigenvalue weighted by Gasteiger charge is -2.13. The predicted molar refractivity (Wildman–Crippen MR) is 130 cm³/mol. The van der Waals surface area contributed by atoms with Crippen molar-refractivity contribution >= 4 is 33.6 Å². The highest BCUT2D eigenvalue weighted by atomic mass is 79.9. The summed E-state index contributed by atoms with van der Waals surface area (Å²) in [5.41, 5.74) is 4.53. The highest BCUT2D eigenvalue weighted by Gasteiger charge is 2.13. The molecule has 0 radical (unpaired) electrons. The molecule has 0 spiro atoms. The van der Waals surface area contributed by atoms with E-state index in [-0.39, 0.29) is 5.57 Å². The smallest absolute Gasteiger partial charge is 0.266 e. The number of nitriles is 1. The zero-order chi connectivity index (χ0) is 23.1. The van der Waals surface area contributed by atoms with E-state index in [0.29, 0.717) is 29.4 Å². The number of carbonyl (C=O) groups is 1. The van der Waals surface area contributed by atoms with Crippen LogP contribution in [0.2, 0.25) is 0 Å². The predicted octanol–water partition coefficient (Wildman–Crippen LogP) is 6.20. The molecule has 3 rings (SSSR count). The third kappa shape index (κ3) is 6.22. The number of halogens is 1. The number of anilines is 1. The summed E-state index contributed by atoms with van der Waals surface area (Å²) < 4.78 is 12.3. The Bertz CT molecular complexity index is 1170. The van der Waals surface area contributed by atoms with Crippen molar-refractivity contribution in [2.75, 3.05) is 12.4 Å². The highest BCUT2D eigenvalue weighted by Crippen LogP contribution is 2.28. The molecule has 1 amide bonds. The standard InChI is InChI=1S/C26H23BrN2O3/c1-17-10-18(2)12-19(11-17)16-32-25-14-24(31-3)9-4-20(25)13-21(15-28)26(30)29-23-7-5-22(27)6-8-23/h4-14H,16H2,1-3H3,(H,29,30)/b21-13+. The molecule has 0 fully saturated rings. The third-order valence-corrected chi connectivity index (χ3v) is 5.19. The van der Waals surface area contributed by atoms with E-state index in [0.717, 1.165) is 21.2 Å². The fourth-order valence-electron chi connectivity index (χ4n) is 3.24. The van der Waals surface area contributed by atoms with Gasteiger partial charge in [-0.3, -0.25) is 4.79 Å². The fraction of sp³-hybridized carbons (Fsp3) is 0.154. The van der Waals surface area contributed by atoms with Crippen molar-refractivity contribution in [1.82, 2.24) is 0 Å². The first kappa shape index (κ1) is 23.1. The van der Waals surface area contributed by atoms with Crippen molar-refractivity contribution in [2.24, 2.45) is 0 Å². The molecule has 32 heavy (non-hydrogen) atoms. The van der Waals surface area contributed by atoms with Crippen LogP contribution in [0.3, 0.4) is 0 Å². The zero-order valence-corrected chi connectivity index (χ0v) is 19.7. The number of amides is 1. The maximum absolute atomic E-state index is 12.6. The molecule has 3 aromatic rings. The molecule has 0 aliphatic heterocycles. The lowest BCUT2D eigenvalue weighted by atomic mass is 10.1. The molecule has 0 aliphatic rings. The fourth-order valence-corrected chi connectivity index (χ4v) is 3.50. The first-order valence-corrected chi connectivity index (χ1v) is 10.7. The van der Waals surface area contributed by atoms with Crippen LogP contribution in [0.4, 0.5) is 5.69 Å². The van der Waals surface area contributed by atoms with E-state index in [4.69, 9.17) is 9.47 Å². The molecule has 1 N–H and O–H groups in total.